The molecule has 0 radical (unpaired) electrons. The van der Waals surface area contributed by atoms with Gasteiger partial charge in [-0.05, 0) is 12.3 Å². The Morgan fingerprint density at radius 3 is 2.50 bits per heavy atom. The van der Waals surface area contributed by atoms with Crippen LogP contribution in [0.15, 0.2) is 12.7 Å². The van der Waals surface area contributed by atoms with Crippen molar-refractivity contribution in [1.29, 1.82) is 0 Å². The predicted octanol–water partition coefficient (Wildman–Crippen LogP) is 0.505. The Labute approximate surface area is 95.7 Å². The molecule has 0 aromatic rings. The summed E-state index contributed by atoms with van der Waals surface area (Å²) in [6.45, 7) is 7.12. The molecule has 0 saturated carbocycles. The summed E-state index contributed by atoms with van der Waals surface area (Å²) in [4.78, 5) is 22.5. The van der Waals surface area contributed by atoms with E-state index in [4.69, 9.17) is 10.8 Å². The summed E-state index contributed by atoms with van der Waals surface area (Å²) in [5, 5.41) is 11.4. The summed E-state index contributed by atoms with van der Waals surface area (Å²) >= 11 is 0. The summed E-state index contributed by atoms with van der Waals surface area (Å²) in [7, 11) is 0. The lowest BCUT2D eigenvalue weighted by Gasteiger charge is -2.21. The summed E-state index contributed by atoms with van der Waals surface area (Å²) in [5.74, 6) is -1.61. The number of nitrogens with two attached hydrogens (primary N) is 1. The number of carboxylic acids is 1. The molecule has 0 aliphatic rings. The second-order valence-electron chi connectivity index (χ2n) is 3.84. The first-order valence-electron chi connectivity index (χ1n) is 5.33. The maximum absolute atomic E-state index is 11.5. The standard InChI is InChI=1S/C11H20N2O3/c1-4-6-8(12)10(14)13-9(11(15)16)7(3)5-2/h4,7-9H,1,5-6,12H2,2-3H3,(H,13,14)(H,15,16)/t7-,8?,9-/m0/s1. The number of amides is 1. The van der Waals surface area contributed by atoms with E-state index in [9.17, 15) is 9.59 Å². The van der Waals surface area contributed by atoms with E-state index in [1.54, 1.807) is 6.92 Å². The lowest BCUT2D eigenvalue weighted by atomic mass is 9.99. The number of hydrogen-bond acceptors (Lipinski definition) is 3. The highest BCUT2D eigenvalue weighted by Crippen LogP contribution is 2.08. The van der Waals surface area contributed by atoms with Crippen LogP contribution in [-0.4, -0.2) is 29.1 Å². The molecule has 0 fully saturated rings. The maximum atomic E-state index is 11.5. The first-order chi connectivity index (χ1) is 7.43. The Kier molecular flexibility index (Phi) is 6.41. The van der Waals surface area contributed by atoms with E-state index in [1.165, 1.54) is 6.08 Å². The molecule has 0 aliphatic carbocycles. The van der Waals surface area contributed by atoms with Crippen molar-refractivity contribution in [2.45, 2.75) is 38.8 Å². The predicted molar refractivity (Wildman–Crippen MR) is 61.8 cm³/mol. The zero-order valence-corrected chi connectivity index (χ0v) is 9.77. The molecule has 1 amide bonds. The van der Waals surface area contributed by atoms with Gasteiger partial charge in [-0.1, -0.05) is 26.3 Å². The largest absolute Gasteiger partial charge is 0.480 e. The van der Waals surface area contributed by atoms with E-state index in [1.807, 2.05) is 6.92 Å². The fourth-order valence-electron chi connectivity index (χ4n) is 1.23. The van der Waals surface area contributed by atoms with Crippen LogP contribution in [0, 0.1) is 5.92 Å². The van der Waals surface area contributed by atoms with E-state index in [0.717, 1.165) is 0 Å². The van der Waals surface area contributed by atoms with Crippen LogP contribution in [0.4, 0.5) is 0 Å². The lowest BCUT2D eigenvalue weighted by molar-refractivity contribution is -0.143. The minimum atomic E-state index is -1.03. The average molecular weight is 228 g/mol. The molecule has 3 atom stereocenters. The number of nitrogens with one attached hydrogen (secondary N) is 1. The summed E-state index contributed by atoms with van der Waals surface area (Å²) in [6.07, 6.45) is 2.54. The van der Waals surface area contributed by atoms with Crippen LogP contribution in [0.25, 0.3) is 0 Å². The summed E-state index contributed by atoms with van der Waals surface area (Å²) < 4.78 is 0. The second kappa shape index (κ2) is 7.00. The molecule has 0 rings (SSSR count). The van der Waals surface area contributed by atoms with E-state index in [-0.39, 0.29) is 5.92 Å². The van der Waals surface area contributed by atoms with Gasteiger partial charge in [0.2, 0.25) is 5.91 Å². The van der Waals surface area contributed by atoms with Gasteiger partial charge in [-0.25, -0.2) is 4.79 Å². The van der Waals surface area contributed by atoms with Crippen molar-refractivity contribution in [2.24, 2.45) is 11.7 Å². The highest BCUT2D eigenvalue weighted by molar-refractivity contribution is 5.87. The van der Waals surface area contributed by atoms with Crippen LogP contribution in [-0.2, 0) is 9.59 Å². The molecule has 0 heterocycles. The SMILES string of the molecule is C=CCC(N)C(=O)N[C@H](C(=O)O)[C@@H](C)CC. The van der Waals surface area contributed by atoms with Crippen molar-refractivity contribution in [3.8, 4) is 0 Å². The average Bonchev–Trinajstić information content (AvgIpc) is 2.24. The van der Waals surface area contributed by atoms with Gasteiger partial charge in [0.05, 0.1) is 6.04 Å². The normalized spacial score (nSPS) is 15.9. The van der Waals surface area contributed by atoms with Gasteiger partial charge < -0.3 is 16.2 Å². The molecular weight excluding hydrogens is 208 g/mol. The number of rotatable bonds is 7. The minimum Gasteiger partial charge on any atom is -0.480 e. The molecular formula is C11H20N2O3. The molecule has 0 aromatic carbocycles. The molecule has 0 spiro atoms. The van der Waals surface area contributed by atoms with E-state index >= 15 is 0 Å². The van der Waals surface area contributed by atoms with Gasteiger partial charge in [-0.3, -0.25) is 4.79 Å². The second-order valence-corrected chi connectivity index (χ2v) is 3.84. The molecule has 4 N–H and O–H groups in total. The van der Waals surface area contributed by atoms with Crippen molar-refractivity contribution in [3.63, 3.8) is 0 Å². The van der Waals surface area contributed by atoms with Crippen LogP contribution in [0.5, 0.6) is 0 Å². The molecule has 16 heavy (non-hydrogen) atoms. The van der Waals surface area contributed by atoms with Gasteiger partial charge in [0, 0.05) is 0 Å². The lowest BCUT2D eigenvalue weighted by Crippen LogP contribution is -2.50. The Balaban J connectivity index is 4.45. The Hall–Kier alpha value is -1.36. The number of aliphatic carboxylic acids is 1. The fourth-order valence-corrected chi connectivity index (χ4v) is 1.23. The highest BCUT2D eigenvalue weighted by atomic mass is 16.4. The van der Waals surface area contributed by atoms with Gasteiger partial charge in [-0.15, -0.1) is 6.58 Å². The van der Waals surface area contributed by atoms with Gasteiger partial charge in [0.15, 0.2) is 0 Å². The quantitative estimate of drug-likeness (QED) is 0.553. The van der Waals surface area contributed by atoms with Crippen molar-refractivity contribution in [2.75, 3.05) is 0 Å². The summed E-state index contributed by atoms with van der Waals surface area (Å²) in [6, 6.07) is -1.61. The molecule has 5 heteroatoms. The van der Waals surface area contributed by atoms with Crippen LogP contribution in [0.1, 0.15) is 26.7 Å². The van der Waals surface area contributed by atoms with Gasteiger partial charge in [-0.2, -0.15) is 0 Å². The van der Waals surface area contributed by atoms with Crippen molar-refractivity contribution < 1.29 is 14.7 Å². The topological polar surface area (TPSA) is 92.4 Å². The Bertz CT molecular complexity index is 266. The molecule has 1 unspecified atom stereocenters. The van der Waals surface area contributed by atoms with Crippen molar-refractivity contribution in [3.05, 3.63) is 12.7 Å². The molecule has 0 aliphatic heterocycles. The minimum absolute atomic E-state index is 0.127. The molecule has 0 saturated heterocycles. The maximum Gasteiger partial charge on any atom is 0.326 e. The van der Waals surface area contributed by atoms with Crippen LogP contribution < -0.4 is 11.1 Å². The van der Waals surface area contributed by atoms with Crippen LogP contribution in [0.3, 0.4) is 0 Å². The van der Waals surface area contributed by atoms with E-state index in [0.29, 0.717) is 12.8 Å². The first kappa shape index (κ1) is 14.6. The molecule has 92 valence electrons. The first-order valence-corrected chi connectivity index (χ1v) is 5.33. The zero-order chi connectivity index (χ0) is 12.7. The molecule has 0 bridgehead atoms. The third-order valence-corrected chi connectivity index (χ3v) is 2.53. The van der Waals surface area contributed by atoms with Crippen molar-refractivity contribution >= 4 is 11.9 Å². The van der Waals surface area contributed by atoms with E-state index in [2.05, 4.69) is 11.9 Å². The summed E-state index contributed by atoms with van der Waals surface area (Å²) in [5.41, 5.74) is 5.54. The monoisotopic (exact) mass is 228 g/mol. The smallest absolute Gasteiger partial charge is 0.326 e. The Morgan fingerprint density at radius 2 is 2.12 bits per heavy atom. The van der Waals surface area contributed by atoms with Gasteiger partial charge >= 0.3 is 5.97 Å². The van der Waals surface area contributed by atoms with E-state index < -0.39 is 24.0 Å². The number of carbonyl (C=O) groups is 2. The van der Waals surface area contributed by atoms with Gasteiger partial charge in [0.1, 0.15) is 6.04 Å². The fraction of sp³-hybridized carbons (Fsp3) is 0.636. The Morgan fingerprint density at radius 1 is 1.56 bits per heavy atom. The van der Waals surface area contributed by atoms with Gasteiger partial charge in [0.25, 0.3) is 0 Å². The third-order valence-electron chi connectivity index (χ3n) is 2.53. The zero-order valence-electron chi connectivity index (χ0n) is 9.77. The third kappa shape index (κ3) is 4.44. The molecule has 0 aromatic heterocycles. The van der Waals surface area contributed by atoms with Crippen LogP contribution >= 0.6 is 0 Å². The number of hydrogen-bond donors (Lipinski definition) is 3. The highest BCUT2D eigenvalue weighted by Gasteiger charge is 2.26. The van der Waals surface area contributed by atoms with Crippen molar-refractivity contribution in [1.82, 2.24) is 5.32 Å². The van der Waals surface area contributed by atoms with Crippen LogP contribution in [0.2, 0.25) is 0 Å². The number of carbonyl (C=O) groups excluding carboxylic acids is 1. The number of carboxylic acid groups (broad SMARTS) is 1. The molecule has 5 nitrogen and oxygen atoms in total.